The van der Waals surface area contributed by atoms with E-state index in [0.717, 1.165) is 6.42 Å². The number of amides is 1. The maximum atomic E-state index is 11.5. The summed E-state index contributed by atoms with van der Waals surface area (Å²) in [5.41, 5.74) is 0.583. The zero-order valence-corrected chi connectivity index (χ0v) is 9.38. The zero-order valence-electron chi connectivity index (χ0n) is 8.63. The topological polar surface area (TPSA) is 38.3 Å². The van der Waals surface area contributed by atoms with Crippen LogP contribution in [0.1, 0.15) is 16.8 Å². The van der Waals surface area contributed by atoms with Crippen molar-refractivity contribution in [2.24, 2.45) is 0 Å². The molecule has 0 spiro atoms. The van der Waals surface area contributed by atoms with Crippen molar-refractivity contribution in [2.45, 2.75) is 6.42 Å². The number of carbonyl (C=O) groups excluding carboxylic acids is 1. The number of ether oxygens (including phenoxy) is 1. The summed E-state index contributed by atoms with van der Waals surface area (Å²) in [6, 6.07) is 6.88. The summed E-state index contributed by atoms with van der Waals surface area (Å²) in [6.07, 6.45) is 0.808. The number of halogens is 1. The van der Waals surface area contributed by atoms with Gasteiger partial charge in [-0.05, 0) is 24.6 Å². The van der Waals surface area contributed by atoms with E-state index in [2.05, 4.69) is 5.32 Å². The first-order chi connectivity index (χ1) is 7.24. The number of hydrogen-bond acceptors (Lipinski definition) is 2. The van der Waals surface area contributed by atoms with E-state index in [4.69, 9.17) is 16.3 Å². The van der Waals surface area contributed by atoms with Gasteiger partial charge in [-0.3, -0.25) is 4.79 Å². The molecule has 1 amide bonds. The second kappa shape index (κ2) is 6.43. The third-order valence-electron chi connectivity index (χ3n) is 1.90. The van der Waals surface area contributed by atoms with E-state index in [9.17, 15) is 4.79 Å². The zero-order chi connectivity index (χ0) is 11.1. The minimum absolute atomic E-state index is 0.103. The first-order valence-electron chi connectivity index (χ1n) is 4.76. The first kappa shape index (κ1) is 12.0. The third-order valence-corrected chi connectivity index (χ3v) is 2.13. The fourth-order valence-electron chi connectivity index (χ4n) is 1.15. The average molecular weight is 228 g/mol. The molecule has 0 bridgehead atoms. The van der Waals surface area contributed by atoms with Crippen molar-refractivity contribution in [3.8, 4) is 0 Å². The van der Waals surface area contributed by atoms with Gasteiger partial charge in [0.05, 0.1) is 0 Å². The van der Waals surface area contributed by atoms with Crippen LogP contribution in [-0.4, -0.2) is 26.2 Å². The van der Waals surface area contributed by atoms with Crippen LogP contribution in [0.2, 0.25) is 5.02 Å². The molecule has 0 atom stereocenters. The lowest BCUT2D eigenvalue weighted by Crippen LogP contribution is -2.25. The van der Waals surface area contributed by atoms with Crippen molar-refractivity contribution < 1.29 is 9.53 Å². The number of methoxy groups -OCH3 is 1. The Labute approximate surface area is 94.4 Å². The van der Waals surface area contributed by atoms with Crippen molar-refractivity contribution in [3.05, 3.63) is 34.9 Å². The number of nitrogens with one attached hydrogen (secondary N) is 1. The molecule has 1 aromatic carbocycles. The minimum atomic E-state index is -0.103. The maximum Gasteiger partial charge on any atom is 0.251 e. The Bertz CT molecular complexity index is 328. The Morgan fingerprint density at radius 1 is 1.53 bits per heavy atom. The summed E-state index contributed by atoms with van der Waals surface area (Å²) >= 11 is 5.77. The van der Waals surface area contributed by atoms with Crippen LogP contribution in [0.25, 0.3) is 0 Å². The molecule has 0 heterocycles. The van der Waals surface area contributed by atoms with E-state index in [1.54, 1.807) is 31.4 Å². The molecule has 0 aliphatic rings. The number of rotatable bonds is 5. The highest BCUT2D eigenvalue weighted by Crippen LogP contribution is 2.10. The lowest BCUT2D eigenvalue weighted by Gasteiger charge is -2.04. The highest BCUT2D eigenvalue weighted by atomic mass is 35.5. The predicted octanol–water partition coefficient (Wildman–Crippen LogP) is 2.11. The van der Waals surface area contributed by atoms with Crippen molar-refractivity contribution in [1.82, 2.24) is 5.32 Å². The fraction of sp³-hybridized carbons (Fsp3) is 0.364. The molecule has 82 valence electrons. The van der Waals surface area contributed by atoms with Crippen molar-refractivity contribution in [3.63, 3.8) is 0 Å². The number of hydrogen-bond donors (Lipinski definition) is 1. The monoisotopic (exact) mass is 227 g/mol. The molecule has 1 aromatic rings. The molecule has 0 saturated carbocycles. The molecule has 4 heteroatoms. The molecule has 1 N–H and O–H groups in total. The van der Waals surface area contributed by atoms with Gasteiger partial charge in [0.25, 0.3) is 5.91 Å². The van der Waals surface area contributed by atoms with Crippen molar-refractivity contribution >= 4 is 17.5 Å². The highest BCUT2D eigenvalue weighted by molar-refractivity contribution is 6.30. The van der Waals surface area contributed by atoms with Gasteiger partial charge < -0.3 is 10.1 Å². The summed E-state index contributed by atoms with van der Waals surface area (Å²) in [7, 11) is 1.64. The maximum absolute atomic E-state index is 11.5. The van der Waals surface area contributed by atoms with Gasteiger partial charge in [-0.25, -0.2) is 0 Å². The minimum Gasteiger partial charge on any atom is -0.385 e. The second-order valence-electron chi connectivity index (χ2n) is 3.11. The number of carbonyl (C=O) groups is 1. The summed E-state index contributed by atoms with van der Waals surface area (Å²) in [6.45, 7) is 1.26. The van der Waals surface area contributed by atoms with Gasteiger partial charge in [0.1, 0.15) is 0 Å². The van der Waals surface area contributed by atoms with Crippen LogP contribution in [0.4, 0.5) is 0 Å². The van der Waals surface area contributed by atoms with Crippen LogP contribution in [0, 0.1) is 0 Å². The molecule has 0 fully saturated rings. The van der Waals surface area contributed by atoms with Gasteiger partial charge in [0.15, 0.2) is 0 Å². The molecular formula is C11H14ClNO2. The van der Waals surface area contributed by atoms with Crippen LogP contribution in [0.5, 0.6) is 0 Å². The molecule has 1 rings (SSSR count). The first-order valence-corrected chi connectivity index (χ1v) is 5.14. The van der Waals surface area contributed by atoms with Gasteiger partial charge in [-0.1, -0.05) is 17.7 Å². The summed E-state index contributed by atoms with van der Waals surface area (Å²) in [5, 5.41) is 3.35. The molecule has 0 aromatic heterocycles. The lowest BCUT2D eigenvalue weighted by atomic mass is 10.2. The predicted molar refractivity (Wildman–Crippen MR) is 60.3 cm³/mol. The molecule has 0 aliphatic carbocycles. The van der Waals surface area contributed by atoms with Gasteiger partial charge in [0, 0.05) is 30.8 Å². The smallest absolute Gasteiger partial charge is 0.251 e. The van der Waals surface area contributed by atoms with Gasteiger partial charge >= 0.3 is 0 Å². The summed E-state index contributed by atoms with van der Waals surface area (Å²) in [5.74, 6) is -0.103. The van der Waals surface area contributed by atoms with E-state index in [-0.39, 0.29) is 5.91 Å². The van der Waals surface area contributed by atoms with Gasteiger partial charge in [-0.15, -0.1) is 0 Å². The molecule has 15 heavy (non-hydrogen) atoms. The quantitative estimate of drug-likeness (QED) is 0.783. The molecular weight excluding hydrogens is 214 g/mol. The Balaban J connectivity index is 2.40. The molecule has 3 nitrogen and oxygen atoms in total. The summed E-state index contributed by atoms with van der Waals surface area (Å²) < 4.78 is 4.88. The number of benzene rings is 1. The Morgan fingerprint density at radius 3 is 3.00 bits per heavy atom. The molecule has 0 saturated heterocycles. The molecule has 0 radical (unpaired) electrons. The molecule has 0 unspecified atom stereocenters. The van der Waals surface area contributed by atoms with Crippen LogP contribution >= 0.6 is 11.6 Å². The standard InChI is InChI=1S/C11H14ClNO2/c1-15-7-3-6-13-11(14)9-4-2-5-10(12)8-9/h2,4-5,8H,3,6-7H2,1H3,(H,13,14). The van der Waals surface area contributed by atoms with Crippen LogP contribution in [0.3, 0.4) is 0 Å². The Hall–Kier alpha value is -1.06. The normalized spacial score (nSPS) is 10.0. The highest BCUT2D eigenvalue weighted by Gasteiger charge is 2.04. The summed E-state index contributed by atoms with van der Waals surface area (Å²) in [4.78, 5) is 11.5. The fourth-order valence-corrected chi connectivity index (χ4v) is 1.34. The van der Waals surface area contributed by atoms with Crippen LogP contribution in [-0.2, 0) is 4.74 Å². The Kier molecular flexibility index (Phi) is 5.15. The van der Waals surface area contributed by atoms with Crippen molar-refractivity contribution in [1.29, 1.82) is 0 Å². The van der Waals surface area contributed by atoms with E-state index in [0.29, 0.717) is 23.7 Å². The van der Waals surface area contributed by atoms with E-state index >= 15 is 0 Å². The van der Waals surface area contributed by atoms with E-state index < -0.39 is 0 Å². The van der Waals surface area contributed by atoms with Gasteiger partial charge in [0.2, 0.25) is 0 Å². The Morgan fingerprint density at radius 2 is 2.33 bits per heavy atom. The largest absolute Gasteiger partial charge is 0.385 e. The van der Waals surface area contributed by atoms with Crippen molar-refractivity contribution in [2.75, 3.05) is 20.3 Å². The second-order valence-corrected chi connectivity index (χ2v) is 3.55. The van der Waals surface area contributed by atoms with E-state index in [1.165, 1.54) is 0 Å². The SMILES string of the molecule is COCCCNC(=O)c1cccc(Cl)c1. The van der Waals surface area contributed by atoms with Crippen LogP contribution in [0.15, 0.2) is 24.3 Å². The lowest BCUT2D eigenvalue weighted by molar-refractivity contribution is 0.0948. The third kappa shape index (κ3) is 4.32. The van der Waals surface area contributed by atoms with Crippen LogP contribution < -0.4 is 5.32 Å². The van der Waals surface area contributed by atoms with E-state index in [1.807, 2.05) is 0 Å². The molecule has 0 aliphatic heterocycles. The van der Waals surface area contributed by atoms with Gasteiger partial charge in [-0.2, -0.15) is 0 Å². The average Bonchev–Trinajstić information content (AvgIpc) is 2.24.